The third kappa shape index (κ3) is 3.35. The van der Waals surface area contributed by atoms with E-state index >= 15 is 0 Å². The second-order valence-electron chi connectivity index (χ2n) is 3.20. The molecule has 6 nitrogen and oxygen atoms in total. The highest BCUT2D eigenvalue weighted by atomic mass is 35.5. The summed E-state index contributed by atoms with van der Waals surface area (Å²) in [5, 5.41) is 18.2. The van der Waals surface area contributed by atoms with Gasteiger partial charge >= 0.3 is 0 Å². The SMILES string of the molecule is N#C/C(N)=C(\C#N)N(C=O)Nc1ccc(Cl)cc1F. The zero-order valence-corrected chi connectivity index (χ0v) is 10.1. The lowest BCUT2D eigenvalue weighted by Crippen LogP contribution is -2.29. The molecule has 0 atom stereocenters. The Labute approximate surface area is 113 Å². The summed E-state index contributed by atoms with van der Waals surface area (Å²) in [6.07, 6.45) is 0.191. The molecule has 19 heavy (non-hydrogen) atoms. The van der Waals surface area contributed by atoms with Gasteiger partial charge in [-0.25, -0.2) is 9.40 Å². The van der Waals surface area contributed by atoms with Gasteiger partial charge < -0.3 is 5.73 Å². The number of anilines is 1. The Morgan fingerprint density at radius 2 is 2.16 bits per heavy atom. The molecule has 1 amide bonds. The van der Waals surface area contributed by atoms with Crippen LogP contribution in [-0.2, 0) is 4.79 Å². The largest absolute Gasteiger partial charge is 0.388 e. The number of benzene rings is 1. The highest BCUT2D eigenvalue weighted by Gasteiger charge is 2.14. The Morgan fingerprint density at radius 3 is 2.63 bits per heavy atom. The van der Waals surface area contributed by atoms with Crippen molar-refractivity contribution < 1.29 is 9.18 Å². The minimum Gasteiger partial charge on any atom is -0.388 e. The summed E-state index contributed by atoms with van der Waals surface area (Å²) in [6, 6.07) is 6.77. The number of amides is 1. The van der Waals surface area contributed by atoms with Gasteiger partial charge in [-0.1, -0.05) is 11.6 Å². The van der Waals surface area contributed by atoms with Crippen molar-refractivity contribution >= 4 is 23.7 Å². The molecule has 0 radical (unpaired) electrons. The average molecular weight is 280 g/mol. The number of allylic oxidation sites excluding steroid dienone is 2. The molecule has 1 aromatic carbocycles. The summed E-state index contributed by atoms with van der Waals surface area (Å²) < 4.78 is 13.5. The maximum atomic E-state index is 13.5. The van der Waals surface area contributed by atoms with Gasteiger partial charge in [0, 0.05) is 5.02 Å². The normalized spacial score (nSPS) is 10.7. The number of halogens is 2. The number of hydrazine groups is 1. The van der Waals surface area contributed by atoms with Crippen LogP contribution in [0, 0.1) is 28.5 Å². The summed E-state index contributed by atoms with van der Waals surface area (Å²) >= 11 is 5.57. The van der Waals surface area contributed by atoms with E-state index in [9.17, 15) is 9.18 Å². The molecule has 8 heteroatoms. The fourth-order valence-corrected chi connectivity index (χ4v) is 1.30. The molecule has 0 saturated carbocycles. The number of hydrogen-bond acceptors (Lipinski definition) is 5. The molecule has 0 heterocycles. The highest BCUT2D eigenvalue weighted by molar-refractivity contribution is 6.30. The molecule has 0 aliphatic heterocycles. The van der Waals surface area contributed by atoms with Crippen molar-refractivity contribution in [1.29, 1.82) is 10.5 Å². The quantitative estimate of drug-likeness (QED) is 0.493. The second kappa shape index (κ2) is 6.24. The van der Waals surface area contributed by atoms with E-state index in [0.29, 0.717) is 5.01 Å². The van der Waals surface area contributed by atoms with Gasteiger partial charge in [-0.15, -0.1) is 0 Å². The topological polar surface area (TPSA) is 106 Å². The molecule has 0 bridgehead atoms. The van der Waals surface area contributed by atoms with E-state index in [4.69, 9.17) is 27.9 Å². The smallest absolute Gasteiger partial charge is 0.233 e. The van der Waals surface area contributed by atoms with Gasteiger partial charge in [0.15, 0.2) is 5.70 Å². The van der Waals surface area contributed by atoms with E-state index in [-0.39, 0.29) is 17.1 Å². The minimum absolute atomic E-state index is 0.102. The van der Waals surface area contributed by atoms with Crippen LogP contribution in [0.1, 0.15) is 0 Å². The molecule has 1 aromatic rings. The van der Waals surface area contributed by atoms with Crippen molar-refractivity contribution in [2.45, 2.75) is 0 Å². The Morgan fingerprint density at radius 1 is 1.47 bits per heavy atom. The lowest BCUT2D eigenvalue weighted by atomic mass is 10.3. The number of hydrogen-bond donors (Lipinski definition) is 2. The van der Waals surface area contributed by atoms with E-state index in [1.165, 1.54) is 18.2 Å². The van der Waals surface area contributed by atoms with E-state index in [2.05, 4.69) is 5.43 Å². The summed E-state index contributed by atoms with van der Waals surface area (Å²) in [4.78, 5) is 10.9. The van der Waals surface area contributed by atoms with E-state index in [1.54, 1.807) is 6.07 Å². The fraction of sp³-hybridized carbons (Fsp3) is 0. The third-order valence-corrected chi connectivity index (χ3v) is 2.23. The predicted molar refractivity (Wildman–Crippen MR) is 65.4 cm³/mol. The van der Waals surface area contributed by atoms with Gasteiger partial charge in [0.05, 0.1) is 5.69 Å². The number of carbonyl (C=O) groups excluding carboxylic acids is 1. The van der Waals surface area contributed by atoms with E-state index < -0.39 is 17.2 Å². The monoisotopic (exact) mass is 279 g/mol. The van der Waals surface area contributed by atoms with Gasteiger partial charge in [0.1, 0.15) is 23.7 Å². The Bertz CT molecular complexity index is 616. The van der Waals surface area contributed by atoms with Crippen molar-refractivity contribution in [3.8, 4) is 12.1 Å². The van der Waals surface area contributed by atoms with Gasteiger partial charge in [-0.05, 0) is 18.2 Å². The maximum Gasteiger partial charge on any atom is 0.233 e. The van der Waals surface area contributed by atoms with Gasteiger partial charge in [-0.2, -0.15) is 10.5 Å². The predicted octanol–water partition coefficient (Wildman–Crippen LogP) is 1.48. The molecule has 0 aliphatic rings. The number of rotatable bonds is 4. The molecule has 3 N–H and O–H groups in total. The standard InChI is InChI=1S/C11H7ClFN5O/c12-7-1-2-10(8(13)3-7)17-18(6-19)11(5-15)9(16)4-14/h1-3,6,17H,16H2/b11-9-. The van der Waals surface area contributed by atoms with Gasteiger partial charge in [0.2, 0.25) is 6.41 Å². The number of carbonyl (C=O) groups is 1. The number of nitriles is 2. The molecule has 0 aliphatic carbocycles. The van der Waals surface area contributed by atoms with E-state index in [0.717, 1.165) is 6.07 Å². The van der Waals surface area contributed by atoms with Crippen LogP contribution in [0.5, 0.6) is 0 Å². The van der Waals surface area contributed by atoms with Crippen LogP contribution in [0.3, 0.4) is 0 Å². The minimum atomic E-state index is -0.729. The molecule has 96 valence electrons. The number of nitrogens with one attached hydrogen (secondary N) is 1. The zero-order chi connectivity index (χ0) is 14.4. The summed E-state index contributed by atoms with van der Waals surface area (Å²) in [5.41, 5.74) is 6.56. The van der Waals surface area contributed by atoms with Crippen LogP contribution in [0.15, 0.2) is 29.6 Å². The van der Waals surface area contributed by atoms with Crippen molar-refractivity contribution in [3.63, 3.8) is 0 Å². The number of nitrogens with zero attached hydrogens (tertiary/aromatic N) is 3. The van der Waals surface area contributed by atoms with Crippen LogP contribution >= 0.6 is 11.6 Å². The molecule has 0 spiro atoms. The third-order valence-electron chi connectivity index (χ3n) is 2.00. The van der Waals surface area contributed by atoms with Gasteiger partial charge in [0.25, 0.3) is 0 Å². The average Bonchev–Trinajstić information content (AvgIpc) is 2.40. The molecule has 0 fully saturated rings. The lowest BCUT2D eigenvalue weighted by molar-refractivity contribution is -0.115. The van der Waals surface area contributed by atoms with Crippen molar-refractivity contribution in [2.75, 3.05) is 5.43 Å². The number of nitrogens with two attached hydrogens (primary N) is 1. The van der Waals surface area contributed by atoms with Crippen LogP contribution in [0.4, 0.5) is 10.1 Å². The van der Waals surface area contributed by atoms with Crippen LogP contribution in [0.25, 0.3) is 0 Å². The molecule has 0 saturated heterocycles. The molecule has 1 rings (SSSR count). The Balaban J connectivity index is 3.11. The van der Waals surface area contributed by atoms with Crippen LogP contribution in [0.2, 0.25) is 5.02 Å². The maximum absolute atomic E-state index is 13.5. The molecular weight excluding hydrogens is 273 g/mol. The molecule has 0 unspecified atom stereocenters. The first kappa shape index (κ1) is 14.3. The van der Waals surface area contributed by atoms with Crippen LogP contribution < -0.4 is 11.2 Å². The zero-order valence-electron chi connectivity index (χ0n) is 9.39. The van der Waals surface area contributed by atoms with Crippen molar-refractivity contribution in [2.24, 2.45) is 5.73 Å². The fourth-order valence-electron chi connectivity index (χ4n) is 1.14. The first-order valence-corrected chi connectivity index (χ1v) is 5.17. The Kier molecular flexibility index (Phi) is 4.69. The first-order chi connectivity index (χ1) is 9.03. The van der Waals surface area contributed by atoms with E-state index in [1.807, 2.05) is 0 Å². The van der Waals surface area contributed by atoms with Gasteiger partial charge in [-0.3, -0.25) is 10.2 Å². The Hall–Kier alpha value is -2.77. The second-order valence-corrected chi connectivity index (χ2v) is 3.63. The van der Waals surface area contributed by atoms with Crippen molar-refractivity contribution in [3.05, 3.63) is 40.4 Å². The summed E-state index contributed by atoms with van der Waals surface area (Å²) in [6.45, 7) is 0. The summed E-state index contributed by atoms with van der Waals surface area (Å²) in [7, 11) is 0. The highest BCUT2D eigenvalue weighted by Crippen LogP contribution is 2.20. The molecule has 0 aromatic heterocycles. The van der Waals surface area contributed by atoms with Crippen LogP contribution in [-0.4, -0.2) is 11.4 Å². The first-order valence-electron chi connectivity index (χ1n) is 4.79. The lowest BCUT2D eigenvalue weighted by Gasteiger charge is -2.18. The summed E-state index contributed by atoms with van der Waals surface area (Å²) in [5.74, 6) is -0.729. The molecular formula is C11H7ClFN5O. The van der Waals surface area contributed by atoms with Crippen molar-refractivity contribution in [1.82, 2.24) is 5.01 Å².